The molecule has 1 atom stereocenters. The van der Waals surface area contributed by atoms with Crippen LogP contribution < -0.4 is 19.9 Å². The first-order valence-corrected chi connectivity index (χ1v) is 8.85. The molecule has 0 radical (unpaired) electrons. The first-order chi connectivity index (χ1) is 12.9. The van der Waals surface area contributed by atoms with Gasteiger partial charge in [-0.2, -0.15) is 0 Å². The third kappa shape index (κ3) is 4.14. The van der Waals surface area contributed by atoms with Crippen molar-refractivity contribution in [3.63, 3.8) is 0 Å². The molecule has 0 unspecified atom stereocenters. The summed E-state index contributed by atoms with van der Waals surface area (Å²) in [7, 11) is 5.31. The second kappa shape index (κ2) is 7.84. The number of rotatable bonds is 5. The van der Waals surface area contributed by atoms with E-state index in [4.69, 9.17) is 16.3 Å². The van der Waals surface area contributed by atoms with E-state index in [2.05, 4.69) is 10.3 Å². The summed E-state index contributed by atoms with van der Waals surface area (Å²) in [4.78, 5) is 32.7. The van der Waals surface area contributed by atoms with Crippen LogP contribution in [0.3, 0.4) is 0 Å². The van der Waals surface area contributed by atoms with E-state index in [9.17, 15) is 9.59 Å². The lowest BCUT2D eigenvalue weighted by atomic mass is 10.1. The lowest BCUT2D eigenvalue weighted by Crippen LogP contribution is -2.28. The Morgan fingerprint density at radius 3 is 2.74 bits per heavy atom. The Morgan fingerprint density at radius 2 is 2.11 bits per heavy atom. The zero-order valence-corrected chi connectivity index (χ0v) is 16.2. The maximum Gasteiger partial charge on any atom is 0.229 e. The van der Waals surface area contributed by atoms with Gasteiger partial charge in [0.15, 0.2) is 0 Å². The van der Waals surface area contributed by atoms with Crippen LogP contribution in [-0.4, -0.2) is 44.5 Å². The zero-order valence-electron chi connectivity index (χ0n) is 15.4. The highest BCUT2D eigenvalue weighted by molar-refractivity contribution is 6.31. The molecule has 1 fully saturated rings. The molecule has 1 aliphatic rings. The van der Waals surface area contributed by atoms with E-state index in [0.717, 1.165) is 5.82 Å². The number of nitrogens with one attached hydrogen (secondary N) is 1. The largest absolute Gasteiger partial charge is 0.495 e. The Hall–Kier alpha value is -2.80. The van der Waals surface area contributed by atoms with Gasteiger partial charge >= 0.3 is 0 Å². The van der Waals surface area contributed by atoms with Crippen LogP contribution >= 0.6 is 11.6 Å². The molecule has 2 amide bonds. The van der Waals surface area contributed by atoms with E-state index in [1.165, 1.54) is 7.11 Å². The predicted molar refractivity (Wildman–Crippen MR) is 106 cm³/mol. The number of aromatic nitrogens is 1. The van der Waals surface area contributed by atoms with Gasteiger partial charge in [0.2, 0.25) is 11.8 Å². The third-order valence-electron chi connectivity index (χ3n) is 4.40. The van der Waals surface area contributed by atoms with Gasteiger partial charge in [-0.15, -0.1) is 0 Å². The zero-order chi connectivity index (χ0) is 19.6. The van der Waals surface area contributed by atoms with Gasteiger partial charge in [-0.25, -0.2) is 4.98 Å². The number of amides is 2. The van der Waals surface area contributed by atoms with Crippen molar-refractivity contribution >= 4 is 40.6 Å². The Morgan fingerprint density at radius 1 is 1.33 bits per heavy atom. The van der Waals surface area contributed by atoms with E-state index in [1.54, 1.807) is 35.4 Å². The molecule has 1 N–H and O–H groups in total. The van der Waals surface area contributed by atoms with Gasteiger partial charge in [-0.3, -0.25) is 9.59 Å². The van der Waals surface area contributed by atoms with Crippen LogP contribution in [0.15, 0.2) is 36.5 Å². The van der Waals surface area contributed by atoms with Crippen LogP contribution in [0, 0.1) is 5.92 Å². The van der Waals surface area contributed by atoms with Crippen LogP contribution in [0.1, 0.15) is 6.42 Å². The normalized spacial score (nSPS) is 16.4. The molecular formula is C19H21ClN4O3. The molecule has 8 heteroatoms. The first kappa shape index (κ1) is 19.0. The van der Waals surface area contributed by atoms with E-state index >= 15 is 0 Å². The highest BCUT2D eigenvalue weighted by atomic mass is 35.5. The minimum Gasteiger partial charge on any atom is -0.495 e. The van der Waals surface area contributed by atoms with Crippen LogP contribution in [0.5, 0.6) is 5.75 Å². The van der Waals surface area contributed by atoms with Crippen molar-refractivity contribution in [1.82, 2.24) is 4.98 Å². The van der Waals surface area contributed by atoms with Crippen molar-refractivity contribution in [2.75, 3.05) is 42.9 Å². The Balaban J connectivity index is 1.71. The standard InChI is InChI=1S/C19H21ClN4O3/c1-23(2)17-7-5-14(10-21-17)22-19(26)12-8-18(25)24(11-12)15-9-13(20)4-6-16(15)27-3/h4-7,9-10,12H,8,11H2,1-3H3,(H,22,26)/t12-/m0/s1. The Kier molecular flexibility index (Phi) is 5.51. The molecule has 7 nitrogen and oxygen atoms in total. The lowest BCUT2D eigenvalue weighted by molar-refractivity contribution is -0.122. The van der Waals surface area contributed by atoms with E-state index in [-0.39, 0.29) is 24.8 Å². The number of hydrogen-bond donors (Lipinski definition) is 1. The van der Waals surface area contributed by atoms with Gasteiger partial charge in [-0.1, -0.05) is 11.6 Å². The van der Waals surface area contributed by atoms with E-state index < -0.39 is 5.92 Å². The third-order valence-corrected chi connectivity index (χ3v) is 4.64. The average Bonchev–Trinajstić information content (AvgIpc) is 3.04. The van der Waals surface area contributed by atoms with Crippen LogP contribution in [0.4, 0.5) is 17.2 Å². The molecule has 3 rings (SSSR count). The van der Waals surface area contributed by atoms with Gasteiger partial charge < -0.3 is 19.9 Å². The number of carbonyl (C=O) groups is 2. The molecule has 0 bridgehead atoms. The number of methoxy groups -OCH3 is 1. The second-order valence-electron chi connectivity index (χ2n) is 6.51. The van der Waals surface area contributed by atoms with Crippen molar-refractivity contribution in [3.8, 4) is 5.75 Å². The molecule has 142 valence electrons. The number of benzene rings is 1. The SMILES string of the molecule is COc1ccc(Cl)cc1N1C[C@@H](C(=O)Nc2ccc(N(C)C)nc2)CC1=O. The molecular weight excluding hydrogens is 368 g/mol. The lowest BCUT2D eigenvalue weighted by Gasteiger charge is -2.20. The van der Waals surface area contributed by atoms with Crippen LogP contribution in [-0.2, 0) is 9.59 Å². The number of pyridine rings is 1. The smallest absolute Gasteiger partial charge is 0.229 e. The summed E-state index contributed by atoms with van der Waals surface area (Å²) < 4.78 is 5.32. The van der Waals surface area contributed by atoms with Gasteiger partial charge in [0.05, 0.1) is 30.6 Å². The molecule has 0 saturated carbocycles. The van der Waals surface area contributed by atoms with Crippen molar-refractivity contribution in [2.45, 2.75) is 6.42 Å². The van der Waals surface area contributed by atoms with Crippen molar-refractivity contribution < 1.29 is 14.3 Å². The van der Waals surface area contributed by atoms with Gasteiger partial charge in [0, 0.05) is 32.1 Å². The molecule has 1 aliphatic heterocycles. The molecule has 2 heterocycles. The molecule has 0 spiro atoms. The average molecular weight is 389 g/mol. The second-order valence-corrected chi connectivity index (χ2v) is 6.95. The number of ether oxygens (including phenoxy) is 1. The number of hydrogen-bond acceptors (Lipinski definition) is 5. The van der Waals surface area contributed by atoms with Gasteiger partial charge in [-0.05, 0) is 30.3 Å². The number of carbonyl (C=O) groups excluding carboxylic acids is 2. The van der Waals surface area contributed by atoms with Crippen LogP contribution in [0.25, 0.3) is 0 Å². The van der Waals surface area contributed by atoms with Gasteiger partial charge in [0.25, 0.3) is 0 Å². The predicted octanol–water partition coefficient (Wildman–Crippen LogP) is 2.80. The van der Waals surface area contributed by atoms with Crippen molar-refractivity contribution in [2.24, 2.45) is 5.92 Å². The quantitative estimate of drug-likeness (QED) is 0.852. The summed E-state index contributed by atoms with van der Waals surface area (Å²) in [6.07, 6.45) is 1.73. The minimum absolute atomic E-state index is 0.130. The molecule has 0 aliphatic carbocycles. The Labute approximate surface area is 162 Å². The maximum atomic E-state index is 12.6. The fourth-order valence-electron chi connectivity index (χ4n) is 2.96. The highest BCUT2D eigenvalue weighted by Gasteiger charge is 2.36. The monoisotopic (exact) mass is 388 g/mol. The fourth-order valence-corrected chi connectivity index (χ4v) is 3.13. The van der Waals surface area contributed by atoms with E-state index in [1.807, 2.05) is 25.1 Å². The number of halogens is 1. The number of nitrogens with zero attached hydrogens (tertiary/aromatic N) is 3. The minimum atomic E-state index is -0.463. The molecule has 27 heavy (non-hydrogen) atoms. The van der Waals surface area contributed by atoms with Crippen LogP contribution in [0.2, 0.25) is 5.02 Å². The highest BCUT2D eigenvalue weighted by Crippen LogP contribution is 2.35. The molecule has 2 aromatic rings. The fraction of sp³-hybridized carbons (Fsp3) is 0.316. The van der Waals surface area contributed by atoms with E-state index in [0.29, 0.717) is 22.1 Å². The molecule has 1 saturated heterocycles. The first-order valence-electron chi connectivity index (χ1n) is 8.47. The summed E-state index contributed by atoms with van der Waals surface area (Å²) >= 11 is 6.06. The number of anilines is 3. The summed E-state index contributed by atoms with van der Waals surface area (Å²) in [5.41, 5.74) is 1.17. The summed E-state index contributed by atoms with van der Waals surface area (Å²) in [6, 6.07) is 8.67. The molecule has 1 aromatic heterocycles. The van der Waals surface area contributed by atoms with Crippen molar-refractivity contribution in [1.29, 1.82) is 0 Å². The summed E-state index contributed by atoms with van der Waals surface area (Å²) in [5.74, 6) is 0.512. The summed E-state index contributed by atoms with van der Waals surface area (Å²) in [6.45, 7) is 0.268. The maximum absolute atomic E-state index is 12.6. The Bertz CT molecular complexity index is 855. The molecule has 1 aromatic carbocycles. The summed E-state index contributed by atoms with van der Waals surface area (Å²) in [5, 5.41) is 3.33. The topological polar surface area (TPSA) is 74.8 Å². The van der Waals surface area contributed by atoms with Crippen molar-refractivity contribution in [3.05, 3.63) is 41.6 Å². The van der Waals surface area contributed by atoms with Gasteiger partial charge in [0.1, 0.15) is 11.6 Å².